The molecule has 1 aromatic heterocycles. The van der Waals surface area contributed by atoms with Crippen LogP contribution in [0.3, 0.4) is 0 Å². The molecule has 13 heteroatoms. The van der Waals surface area contributed by atoms with Gasteiger partial charge in [-0.05, 0) is 61.7 Å². The fraction of sp³-hybridized carbons (Fsp3) is 0.233. The van der Waals surface area contributed by atoms with Crippen molar-refractivity contribution in [3.05, 3.63) is 93.5 Å². The van der Waals surface area contributed by atoms with Crippen LogP contribution in [0.4, 0.5) is 18.9 Å². The predicted molar refractivity (Wildman–Crippen MR) is 149 cm³/mol. The number of rotatable bonds is 5. The van der Waals surface area contributed by atoms with Crippen molar-refractivity contribution in [3.63, 3.8) is 0 Å². The number of hydrogen-bond acceptors (Lipinski definition) is 7. The number of amides is 2. The highest BCUT2D eigenvalue weighted by atomic mass is 35.5. The molecule has 0 spiro atoms. The van der Waals surface area contributed by atoms with Gasteiger partial charge >= 0.3 is 6.18 Å². The molecule has 0 bridgehead atoms. The van der Waals surface area contributed by atoms with Gasteiger partial charge in [-0.25, -0.2) is 9.99 Å². The van der Waals surface area contributed by atoms with Gasteiger partial charge in [0.25, 0.3) is 11.8 Å². The molecule has 0 saturated carbocycles. The number of nitrogens with zero attached hydrogens (tertiary/aromatic N) is 5. The summed E-state index contributed by atoms with van der Waals surface area (Å²) in [5.74, 6) is -2.30. The van der Waals surface area contributed by atoms with E-state index in [4.69, 9.17) is 11.6 Å². The van der Waals surface area contributed by atoms with Crippen LogP contribution in [0.15, 0.2) is 66.1 Å². The number of aliphatic hydroxyl groups excluding tert-OH is 1. The molecular weight excluding hydrogens is 585 g/mol. The third kappa shape index (κ3) is 5.39. The maximum Gasteiger partial charge on any atom is 0.416 e. The summed E-state index contributed by atoms with van der Waals surface area (Å²) in [7, 11) is 0. The minimum atomic E-state index is -4.72. The molecule has 1 fully saturated rings. The second-order valence-electron chi connectivity index (χ2n) is 10.3. The Hall–Kier alpha value is -4.91. The summed E-state index contributed by atoms with van der Waals surface area (Å²) >= 11 is 5.91. The number of carbonyl (C=O) groups excluding carboxylic acids is 2. The van der Waals surface area contributed by atoms with Crippen LogP contribution >= 0.6 is 11.6 Å². The second kappa shape index (κ2) is 11.1. The molecule has 0 radical (unpaired) electrons. The van der Waals surface area contributed by atoms with Gasteiger partial charge in [-0.1, -0.05) is 23.7 Å². The standard InChI is InChI=1S/C30H22ClF3N6O3/c1-29-8-3-9-40(29)39(16-18-5-2-4-17(10-18)13-35)28(43)24(25(29)41)27(42)38-23-7-6-21(30(32,33)34)12-22(23)20-11-19(14-36)26(31)37-15-20/h2,4-7,10-12,15,41H,3,8-9,16H2,1H3,(H,38,42)/t29-/m1/s1. The molecule has 9 nitrogen and oxygen atoms in total. The molecule has 3 aromatic rings. The van der Waals surface area contributed by atoms with Crippen molar-refractivity contribution in [3.8, 4) is 23.3 Å². The average Bonchev–Trinajstić information content (AvgIpc) is 3.38. The largest absolute Gasteiger partial charge is 0.509 e. The number of carbonyl (C=O) groups is 2. The maximum absolute atomic E-state index is 13.8. The van der Waals surface area contributed by atoms with Crippen LogP contribution in [-0.2, 0) is 22.3 Å². The average molecular weight is 607 g/mol. The molecule has 43 heavy (non-hydrogen) atoms. The fourth-order valence-corrected chi connectivity index (χ4v) is 5.53. The predicted octanol–water partition coefficient (Wildman–Crippen LogP) is 5.73. The number of alkyl halides is 3. The number of nitriles is 2. The Kier molecular flexibility index (Phi) is 7.61. The first-order valence-corrected chi connectivity index (χ1v) is 13.4. The molecule has 2 amide bonds. The number of aromatic nitrogens is 1. The summed E-state index contributed by atoms with van der Waals surface area (Å²) in [5.41, 5.74) is -1.97. The number of anilines is 1. The van der Waals surface area contributed by atoms with Crippen molar-refractivity contribution in [1.29, 1.82) is 10.5 Å². The lowest BCUT2D eigenvalue weighted by atomic mass is 9.90. The number of halogens is 4. The minimum Gasteiger partial charge on any atom is -0.509 e. The van der Waals surface area contributed by atoms with Gasteiger partial charge in [0.05, 0.1) is 34.8 Å². The number of benzene rings is 2. The van der Waals surface area contributed by atoms with Crippen molar-refractivity contribution in [2.24, 2.45) is 0 Å². The van der Waals surface area contributed by atoms with E-state index in [9.17, 15) is 38.4 Å². The molecule has 5 rings (SSSR count). The Bertz CT molecular complexity index is 1780. The van der Waals surface area contributed by atoms with Crippen molar-refractivity contribution in [1.82, 2.24) is 15.0 Å². The second-order valence-corrected chi connectivity index (χ2v) is 10.6. The Labute approximate surface area is 249 Å². The number of hydrogen-bond donors (Lipinski definition) is 2. The quantitative estimate of drug-likeness (QED) is 0.280. The van der Waals surface area contributed by atoms with Crippen LogP contribution in [0.1, 0.15) is 42.0 Å². The van der Waals surface area contributed by atoms with Gasteiger partial charge in [0.2, 0.25) is 0 Å². The van der Waals surface area contributed by atoms with E-state index < -0.39 is 40.4 Å². The number of aliphatic hydroxyl groups is 1. The summed E-state index contributed by atoms with van der Waals surface area (Å²) in [6.07, 6.45) is -2.52. The van der Waals surface area contributed by atoms with Crippen LogP contribution in [0.2, 0.25) is 5.15 Å². The van der Waals surface area contributed by atoms with Gasteiger partial charge in [0, 0.05) is 29.6 Å². The lowest BCUT2D eigenvalue weighted by Gasteiger charge is -2.46. The Morgan fingerprint density at radius 2 is 1.95 bits per heavy atom. The van der Waals surface area contributed by atoms with Gasteiger partial charge in [0.15, 0.2) is 0 Å². The first kappa shape index (κ1) is 29.6. The molecular formula is C30H22ClF3N6O3. The Morgan fingerprint density at radius 1 is 1.19 bits per heavy atom. The summed E-state index contributed by atoms with van der Waals surface area (Å²) < 4.78 is 40.9. The zero-order chi connectivity index (χ0) is 31.1. The van der Waals surface area contributed by atoms with Gasteiger partial charge < -0.3 is 10.4 Å². The van der Waals surface area contributed by atoms with E-state index in [1.54, 1.807) is 36.2 Å². The highest BCUT2D eigenvalue weighted by Crippen LogP contribution is 2.42. The van der Waals surface area contributed by atoms with Gasteiger partial charge in [0.1, 0.15) is 22.6 Å². The molecule has 2 aromatic carbocycles. The van der Waals surface area contributed by atoms with Crippen molar-refractivity contribution >= 4 is 29.1 Å². The van der Waals surface area contributed by atoms with Gasteiger partial charge in [-0.15, -0.1) is 0 Å². The van der Waals surface area contributed by atoms with Gasteiger partial charge in [-0.2, -0.15) is 23.7 Å². The van der Waals surface area contributed by atoms with E-state index in [0.717, 1.165) is 24.4 Å². The topological polar surface area (TPSA) is 133 Å². The van der Waals surface area contributed by atoms with Crippen LogP contribution in [-0.4, -0.2) is 44.0 Å². The minimum absolute atomic E-state index is 0.00686. The van der Waals surface area contributed by atoms with Crippen LogP contribution in [0.25, 0.3) is 11.1 Å². The van der Waals surface area contributed by atoms with Crippen LogP contribution in [0.5, 0.6) is 0 Å². The molecule has 1 atom stereocenters. The monoisotopic (exact) mass is 606 g/mol. The lowest BCUT2D eigenvalue weighted by Crippen LogP contribution is -2.60. The summed E-state index contributed by atoms with van der Waals surface area (Å²) in [5, 5.41) is 35.3. The first-order valence-electron chi connectivity index (χ1n) is 13.0. The Balaban J connectivity index is 1.56. The van der Waals surface area contributed by atoms with E-state index in [1.165, 1.54) is 11.1 Å². The first-order chi connectivity index (χ1) is 20.4. The van der Waals surface area contributed by atoms with Crippen LogP contribution < -0.4 is 5.32 Å². The summed E-state index contributed by atoms with van der Waals surface area (Å²) in [6.45, 7) is 2.13. The summed E-state index contributed by atoms with van der Waals surface area (Å²) in [4.78, 5) is 31.4. The van der Waals surface area contributed by atoms with E-state index in [2.05, 4.69) is 10.3 Å². The zero-order valence-electron chi connectivity index (χ0n) is 22.5. The maximum atomic E-state index is 13.8. The number of pyridine rings is 1. The number of hydrazine groups is 1. The van der Waals surface area contributed by atoms with Crippen LogP contribution in [0, 0.1) is 22.7 Å². The third-order valence-corrected chi connectivity index (χ3v) is 7.87. The third-order valence-electron chi connectivity index (χ3n) is 7.57. The highest BCUT2D eigenvalue weighted by molar-refractivity contribution is 6.30. The molecule has 3 heterocycles. The van der Waals surface area contributed by atoms with Crippen molar-refractivity contribution in [2.45, 2.75) is 38.0 Å². The number of fused-ring (bicyclic) bond motifs is 1. The molecule has 0 aliphatic carbocycles. The zero-order valence-corrected chi connectivity index (χ0v) is 23.3. The molecule has 218 valence electrons. The van der Waals surface area contributed by atoms with Crippen molar-refractivity contribution in [2.75, 3.05) is 11.9 Å². The fourth-order valence-electron chi connectivity index (χ4n) is 5.39. The SMILES string of the molecule is C[C@]12CCCN1N(Cc1cccc(C#N)c1)C(=O)C(C(=O)Nc1ccc(C(F)(F)F)cc1-c1cnc(Cl)c(C#N)c1)=C2O. The summed E-state index contributed by atoms with van der Waals surface area (Å²) in [6, 6.07) is 14.3. The molecule has 2 aliphatic heterocycles. The van der Waals surface area contributed by atoms with Gasteiger partial charge in [-0.3, -0.25) is 14.6 Å². The highest BCUT2D eigenvalue weighted by Gasteiger charge is 2.52. The smallest absolute Gasteiger partial charge is 0.416 e. The van der Waals surface area contributed by atoms with Crippen molar-refractivity contribution < 1.29 is 27.9 Å². The number of nitrogens with one attached hydrogen (secondary N) is 1. The molecule has 2 aliphatic rings. The normalized spacial score (nSPS) is 18.7. The lowest BCUT2D eigenvalue weighted by molar-refractivity contribution is -0.160. The van der Waals surface area contributed by atoms with E-state index in [1.807, 2.05) is 12.1 Å². The van der Waals surface area contributed by atoms with E-state index >= 15 is 0 Å². The van der Waals surface area contributed by atoms with E-state index in [-0.39, 0.29) is 34.1 Å². The molecule has 0 unspecified atom stereocenters. The van der Waals surface area contributed by atoms with E-state index in [0.29, 0.717) is 30.5 Å². The Morgan fingerprint density at radius 3 is 2.65 bits per heavy atom. The molecule has 1 saturated heterocycles. The molecule has 2 N–H and O–H groups in total.